The van der Waals surface area contributed by atoms with Crippen molar-refractivity contribution in [2.45, 2.75) is 45.3 Å². The number of hydrogen-bond donors (Lipinski definition) is 1. The summed E-state index contributed by atoms with van der Waals surface area (Å²) in [6, 6.07) is 5.81. The lowest BCUT2D eigenvalue weighted by Crippen LogP contribution is -2.26. The monoisotopic (exact) mass is 285 g/mol. The van der Waals surface area contributed by atoms with E-state index in [1.54, 1.807) is 12.1 Å². The van der Waals surface area contributed by atoms with Crippen LogP contribution in [0.4, 0.5) is 13.2 Å². The van der Waals surface area contributed by atoms with Crippen LogP contribution in [0.15, 0.2) is 24.3 Å². The molecule has 1 N–H and O–H groups in total. The van der Waals surface area contributed by atoms with Gasteiger partial charge in [-0.15, -0.1) is 0 Å². The van der Waals surface area contributed by atoms with Crippen LogP contribution >= 0.6 is 0 Å². The molecule has 1 aromatic rings. The minimum Gasteiger partial charge on any atom is -0.312 e. The van der Waals surface area contributed by atoms with E-state index in [1.807, 2.05) is 0 Å². The minimum atomic E-state index is -4.27. The quantitative estimate of drug-likeness (QED) is 0.851. The fourth-order valence-electron chi connectivity index (χ4n) is 2.90. The van der Waals surface area contributed by atoms with Gasteiger partial charge in [-0.05, 0) is 42.9 Å². The van der Waals surface area contributed by atoms with Crippen LogP contribution in [0.5, 0.6) is 0 Å². The van der Waals surface area contributed by atoms with Gasteiger partial charge in [0.25, 0.3) is 0 Å². The maximum Gasteiger partial charge on any atom is 0.416 e. The third kappa shape index (κ3) is 4.23. The van der Waals surface area contributed by atoms with Crippen molar-refractivity contribution in [1.29, 1.82) is 0 Å². The molecule has 0 heterocycles. The highest BCUT2D eigenvalue weighted by atomic mass is 19.4. The second-order valence-electron chi connectivity index (χ2n) is 5.91. The highest BCUT2D eigenvalue weighted by molar-refractivity contribution is 5.29. The van der Waals surface area contributed by atoms with Gasteiger partial charge in [0.1, 0.15) is 0 Å². The van der Waals surface area contributed by atoms with Gasteiger partial charge < -0.3 is 5.32 Å². The van der Waals surface area contributed by atoms with Crippen LogP contribution in [0, 0.1) is 11.8 Å². The predicted molar refractivity (Wildman–Crippen MR) is 74.3 cm³/mol. The summed E-state index contributed by atoms with van der Waals surface area (Å²) in [5.74, 6) is 1.42. The Morgan fingerprint density at radius 2 is 1.75 bits per heavy atom. The van der Waals surface area contributed by atoms with Gasteiger partial charge in [-0.25, -0.2) is 0 Å². The number of halogens is 3. The molecule has 1 nitrogen and oxygen atoms in total. The van der Waals surface area contributed by atoms with Gasteiger partial charge in [-0.1, -0.05) is 38.0 Å². The van der Waals surface area contributed by atoms with Crippen molar-refractivity contribution in [2.24, 2.45) is 11.8 Å². The molecule has 1 aliphatic carbocycles. The molecular formula is C16H22F3N. The van der Waals surface area contributed by atoms with E-state index < -0.39 is 11.7 Å². The molecule has 0 aliphatic heterocycles. The molecule has 1 aliphatic rings. The number of alkyl halides is 3. The summed E-state index contributed by atoms with van der Waals surface area (Å²) >= 11 is 0. The topological polar surface area (TPSA) is 12.0 Å². The zero-order chi connectivity index (χ0) is 14.6. The van der Waals surface area contributed by atoms with Gasteiger partial charge in [0.05, 0.1) is 5.56 Å². The van der Waals surface area contributed by atoms with Gasteiger partial charge in [0.15, 0.2) is 0 Å². The standard InChI is InChI=1S/C16H22F3N/c1-12-6-8-13(9-7-12)10-20-11-14-4-2-3-5-15(14)16(17,18)19/h2-5,12-13,20H,6-11H2,1H3. The molecule has 0 atom stereocenters. The Hall–Kier alpha value is -1.03. The molecule has 4 heteroatoms. The zero-order valence-electron chi connectivity index (χ0n) is 11.8. The normalized spacial score (nSPS) is 23.8. The van der Waals surface area contributed by atoms with E-state index in [2.05, 4.69) is 12.2 Å². The average Bonchev–Trinajstić information content (AvgIpc) is 2.40. The number of benzene rings is 1. The molecule has 0 radical (unpaired) electrons. The van der Waals surface area contributed by atoms with Crippen LogP contribution in [-0.4, -0.2) is 6.54 Å². The Bertz CT molecular complexity index is 420. The van der Waals surface area contributed by atoms with Crippen molar-refractivity contribution in [1.82, 2.24) is 5.32 Å². The first-order chi connectivity index (χ1) is 9.47. The first kappa shape index (κ1) is 15.4. The maximum atomic E-state index is 12.8. The summed E-state index contributed by atoms with van der Waals surface area (Å²) < 4.78 is 38.5. The molecule has 0 bridgehead atoms. The van der Waals surface area contributed by atoms with Crippen LogP contribution < -0.4 is 5.32 Å². The predicted octanol–water partition coefficient (Wildman–Crippen LogP) is 4.62. The number of hydrogen-bond acceptors (Lipinski definition) is 1. The van der Waals surface area contributed by atoms with E-state index in [0.717, 1.165) is 18.5 Å². The molecule has 1 aromatic carbocycles. The zero-order valence-corrected chi connectivity index (χ0v) is 11.8. The smallest absolute Gasteiger partial charge is 0.312 e. The lowest BCUT2D eigenvalue weighted by molar-refractivity contribution is -0.138. The van der Waals surface area contributed by atoms with Crippen molar-refractivity contribution in [2.75, 3.05) is 6.54 Å². The van der Waals surface area contributed by atoms with E-state index >= 15 is 0 Å². The lowest BCUT2D eigenvalue weighted by atomic mass is 9.83. The molecular weight excluding hydrogens is 263 g/mol. The summed E-state index contributed by atoms with van der Waals surface area (Å²) in [4.78, 5) is 0. The number of nitrogens with one attached hydrogen (secondary N) is 1. The molecule has 112 valence electrons. The summed E-state index contributed by atoms with van der Waals surface area (Å²) in [6.45, 7) is 3.38. The summed E-state index contributed by atoms with van der Waals surface area (Å²) in [5.41, 5.74) is -0.186. The summed E-state index contributed by atoms with van der Waals surface area (Å²) in [5, 5.41) is 3.20. The van der Waals surface area contributed by atoms with E-state index in [0.29, 0.717) is 18.0 Å². The molecule has 20 heavy (non-hydrogen) atoms. The van der Waals surface area contributed by atoms with Crippen molar-refractivity contribution >= 4 is 0 Å². The third-order valence-electron chi connectivity index (χ3n) is 4.21. The minimum absolute atomic E-state index is 0.293. The first-order valence-electron chi connectivity index (χ1n) is 7.32. The molecule has 0 spiro atoms. The Morgan fingerprint density at radius 1 is 1.10 bits per heavy atom. The maximum absolute atomic E-state index is 12.8. The molecule has 0 unspecified atom stereocenters. The van der Waals surface area contributed by atoms with Crippen LogP contribution in [0.1, 0.15) is 43.7 Å². The SMILES string of the molecule is CC1CCC(CNCc2ccccc2C(F)(F)F)CC1. The second-order valence-corrected chi connectivity index (χ2v) is 5.91. The molecule has 2 rings (SSSR count). The van der Waals surface area contributed by atoms with Crippen LogP contribution in [0.2, 0.25) is 0 Å². The van der Waals surface area contributed by atoms with Gasteiger partial charge >= 0.3 is 6.18 Å². The number of rotatable bonds is 4. The average molecular weight is 285 g/mol. The van der Waals surface area contributed by atoms with E-state index in [4.69, 9.17) is 0 Å². The fraction of sp³-hybridized carbons (Fsp3) is 0.625. The Labute approximate surface area is 118 Å². The van der Waals surface area contributed by atoms with Crippen molar-refractivity contribution in [3.05, 3.63) is 35.4 Å². The third-order valence-corrected chi connectivity index (χ3v) is 4.21. The van der Waals surface area contributed by atoms with Gasteiger partial charge in [-0.2, -0.15) is 13.2 Å². The largest absolute Gasteiger partial charge is 0.416 e. The Balaban J connectivity index is 1.85. The van der Waals surface area contributed by atoms with Crippen LogP contribution in [0.3, 0.4) is 0 Å². The first-order valence-corrected chi connectivity index (χ1v) is 7.32. The summed E-state index contributed by atoms with van der Waals surface area (Å²) in [6.07, 6.45) is 0.597. The van der Waals surface area contributed by atoms with Crippen LogP contribution in [0.25, 0.3) is 0 Å². The van der Waals surface area contributed by atoms with Gasteiger partial charge in [-0.3, -0.25) is 0 Å². The summed E-state index contributed by atoms with van der Waals surface area (Å²) in [7, 11) is 0. The molecule has 1 saturated carbocycles. The highest BCUT2D eigenvalue weighted by Crippen LogP contribution is 2.32. The second kappa shape index (κ2) is 6.61. The van der Waals surface area contributed by atoms with E-state index in [9.17, 15) is 13.2 Å². The van der Waals surface area contributed by atoms with Crippen molar-refractivity contribution in [3.8, 4) is 0 Å². The van der Waals surface area contributed by atoms with Gasteiger partial charge in [0, 0.05) is 6.54 Å². The highest BCUT2D eigenvalue weighted by Gasteiger charge is 2.32. The Morgan fingerprint density at radius 3 is 2.40 bits per heavy atom. The van der Waals surface area contributed by atoms with Gasteiger partial charge in [0.2, 0.25) is 0 Å². The van der Waals surface area contributed by atoms with E-state index in [-0.39, 0.29) is 0 Å². The molecule has 0 amide bonds. The molecule has 0 aromatic heterocycles. The van der Waals surface area contributed by atoms with Crippen molar-refractivity contribution < 1.29 is 13.2 Å². The van der Waals surface area contributed by atoms with Crippen LogP contribution in [-0.2, 0) is 12.7 Å². The fourth-order valence-corrected chi connectivity index (χ4v) is 2.90. The lowest BCUT2D eigenvalue weighted by Gasteiger charge is -2.26. The Kier molecular flexibility index (Phi) is 5.08. The molecule has 0 saturated heterocycles. The van der Waals surface area contributed by atoms with E-state index in [1.165, 1.54) is 31.7 Å². The van der Waals surface area contributed by atoms with Crippen molar-refractivity contribution in [3.63, 3.8) is 0 Å². The molecule has 1 fully saturated rings.